The van der Waals surface area contributed by atoms with Gasteiger partial charge in [-0.25, -0.2) is 0 Å². The van der Waals surface area contributed by atoms with Gasteiger partial charge in [0.15, 0.2) is 0 Å². The maximum atomic E-state index is 12.7. The number of hydrogen-bond donors (Lipinski definition) is 1. The number of amides is 2. The summed E-state index contributed by atoms with van der Waals surface area (Å²) in [5, 5.41) is 2.92. The second kappa shape index (κ2) is 5.79. The zero-order chi connectivity index (χ0) is 15.0. The van der Waals surface area contributed by atoms with Crippen LogP contribution in [0.4, 0.5) is 0 Å². The molecule has 1 saturated carbocycles. The molecule has 21 heavy (non-hydrogen) atoms. The highest BCUT2D eigenvalue weighted by Crippen LogP contribution is 2.34. The van der Waals surface area contributed by atoms with E-state index < -0.39 is 0 Å². The smallest absolute Gasteiger partial charge is 0.245 e. The molecule has 1 aliphatic heterocycles. The summed E-state index contributed by atoms with van der Waals surface area (Å²) >= 11 is 1.79. The number of nitrogens with zero attached hydrogens (tertiary/aromatic N) is 1. The second-order valence-corrected chi connectivity index (χ2v) is 7.60. The average Bonchev–Trinajstić information content (AvgIpc) is 3.20. The van der Waals surface area contributed by atoms with Gasteiger partial charge in [-0.2, -0.15) is 0 Å². The van der Waals surface area contributed by atoms with Crippen LogP contribution >= 0.6 is 11.3 Å². The molecule has 2 atom stereocenters. The quantitative estimate of drug-likeness (QED) is 0.926. The molecule has 1 aromatic heterocycles. The molecule has 1 aromatic rings. The van der Waals surface area contributed by atoms with Gasteiger partial charge in [0.25, 0.3) is 0 Å². The molecule has 1 saturated heterocycles. The van der Waals surface area contributed by atoms with Gasteiger partial charge in [-0.05, 0) is 44.7 Å². The lowest BCUT2D eigenvalue weighted by atomic mass is 10.1. The molecule has 0 radical (unpaired) electrons. The molecule has 2 unspecified atom stereocenters. The number of hydrogen-bond acceptors (Lipinski definition) is 3. The number of carbonyl (C=O) groups is 2. The molecule has 2 amide bonds. The third kappa shape index (κ3) is 3.28. The second-order valence-electron chi connectivity index (χ2n) is 6.23. The Kier molecular flexibility index (Phi) is 4.02. The first-order chi connectivity index (χ1) is 10.0. The fraction of sp³-hybridized carbons (Fsp3) is 0.625. The summed E-state index contributed by atoms with van der Waals surface area (Å²) in [4.78, 5) is 29.1. The van der Waals surface area contributed by atoms with Crippen molar-refractivity contribution in [2.45, 2.75) is 51.6 Å². The molecule has 1 N–H and O–H groups in total. The third-order valence-corrected chi connectivity index (χ3v) is 5.39. The van der Waals surface area contributed by atoms with E-state index >= 15 is 0 Å². The Hall–Kier alpha value is -1.36. The molecule has 3 rings (SSSR count). The highest BCUT2D eigenvalue weighted by atomic mass is 32.1. The van der Waals surface area contributed by atoms with Gasteiger partial charge in [-0.1, -0.05) is 0 Å². The average molecular weight is 306 g/mol. The molecule has 114 valence electrons. The fourth-order valence-electron chi connectivity index (χ4n) is 3.00. The maximum Gasteiger partial charge on any atom is 0.245 e. The lowest BCUT2D eigenvalue weighted by molar-refractivity contribution is -0.135. The molecule has 0 aromatic carbocycles. The molecule has 2 fully saturated rings. The van der Waals surface area contributed by atoms with E-state index in [2.05, 4.69) is 31.3 Å². The van der Waals surface area contributed by atoms with Crippen molar-refractivity contribution in [2.24, 2.45) is 5.92 Å². The van der Waals surface area contributed by atoms with Crippen LogP contribution in [-0.2, 0) is 16.0 Å². The van der Waals surface area contributed by atoms with Gasteiger partial charge < -0.3 is 10.2 Å². The van der Waals surface area contributed by atoms with E-state index in [4.69, 9.17) is 0 Å². The summed E-state index contributed by atoms with van der Waals surface area (Å²) in [6, 6.07) is 4.12. The van der Waals surface area contributed by atoms with Crippen LogP contribution in [0, 0.1) is 12.8 Å². The monoisotopic (exact) mass is 306 g/mol. The van der Waals surface area contributed by atoms with E-state index in [1.807, 2.05) is 4.90 Å². The van der Waals surface area contributed by atoms with Crippen LogP contribution in [-0.4, -0.2) is 35.3 Å². The number of rotatable bonds is 4. The summed E-state index contributed by atoms with van der Waals surface area (Å²) in [5.74, 6) is 0.490. The summed E-state index contributed by atoms with van der Waals surface area (Å²) in [5.41, 5.74) is 0. The van der Waals surface area contributed by atoms with Crippen molar-refractivity contribution >= 4 is 23.2 Å². The van der Waals surface area contributed by atoms with E-state index in [1.54, 1.807) is 11.3 Å². The van der Waals surface area contributed by atoms with Crippen molar-refractivity contribution in [3.8, 4) is 0 Å². The first-order valence-corrected chi connectivity index (χ1v) is 8.51. The number of carbonyl (C=O) groups excluding carboxylic acids is 2. The molecule has 5 heteroatoms. The lowest BCUT2D eigenvalue weighted by Crippen LogP contribution is -2.49. The largest absolute Gasteiger partial charge is 0.344 e. The lowest BCUT2D eigenvalue weighted by Gasteiger charge is -2.30. The minimum atomic E-state index is -0.285. The van der Waals surface area contributed by atoms with Crippen LogP contribution < -0.4 is 5.32 Å². The summed E-state index contributed by atoms with van der Waals surface area (Å²) < 4.78 is 0. The van der Waals surface area contributed by atoms with E-state index in [9.17, 15) is 9.59 Å². The SMILES string of the molecule is Cc1ccc(CC(C)N2CCC(=O)NC(C3CC3)C2=O)s1. The predicted molar refractivity (Wildman–Crippen MR) is 83.2 cm³/mol. The van der Waals surface area contributed by atoms with Crippen molar-refractivity contribution in [1.82, 2.24) is 10.2 Å². The molecule has 0 spiro atoms. The normalized spacial score (nSPS) is 24.7. The Morgan fingerprint density at radius 2 is 2.14 bits per heavy atom. The fourth-order valence-corrected chi connectivity index (χ4v) is 4.01. The molecule has 1 aliphatic carbocycles. The maximum absolute atomic E-state index is 12.7. The van der Waals surface area contributed by atoms with Crippen molar-refractivity contribution in [1.29, 1.82) is 0 Å². The first-order valence-electron chi connectivity index (χ1n) is 7.70. The van der Waals surface area contributed by atoms with Crippen molar-refractivity contribution < 1.29 is 9.59 Å². The van der Waals surface area contributed by atoms with Gasteiger partial charge in [0.2, 0.25) is 11.8 Å². The first kappa shape index (κ1) is 14.6. The van der Waals surface area contributed by atoms with Gasteiger partial charge in [0, 0.05) is 35.2 Å². The Bertz CT molecular complexity index is 550. The van der Waals surface area contributed by atoms with E-state index in [0.29, 0.717) is 18.9 Å². The van der Waals surface area contributed by atoms with Gasteiger partial charge >= 0.3 is 0 Å². The van der Waals surface area contributed by atoms with E-state index in [0.717, 1.165) is 19.3 Å². The Morgan fingerprint density at radius 3 is 2.76 bits per heavy atom. The molecular weight excluding hydrogens is 284 g/mol. The van der Waals surface area contributed by atoms with E-state index in [1.165, 1.54) is 9.75 Å². The molecule has 2 aliphatic rings. The standard InChI is InChI=1S/C16H22N2O2S/c1-10(9-13-6-3-11(2)21-13)18-8-7-14(19)17-15(16(18)20)12-4-5-12/h3,6,10,12,15H,4-5,7-9H2,1-2H3,(H,17,19). The van der Waals surface area contributed by atoms with E-state index in [-0.39, 0.29) is 23.9 Å². The van der Waals surface area contributed by atoms with Crippen LogP contribution in [0.1, 0.15) is 35.9 Å². The van der Waals surface area contributed by atoms with Crippen molar-refractivity contribution in [3.63, 3.8) is 0 Å². The van der Waals surface area contributed by atoms with Crippen molar-refractivity contribution in [3.05, 3.63) is 21.9 Å². The van der Waals surface area contributed by atoms with Crippen LogP contribution in [0.25, 0.3) is 0 Å². The zero-order valence-corrected chi connectivity index (χ0v) is 13.4. The summed E-state index contributed by atoms with van der Waals surface area (Å²) in [6.07, 6.45) is 3.41. The highest BCUT2D eigenvalue weighted by Gasteiger charge is 2.41. The van der Waals surface area contributed by atoms with Gasteiger partial charge in [0.05, 0.1) is 0 Å². The zero-order valence-electron chi connectivity index (χ0n) is 12.6. The Labute approximate surface area is 129 Å². The predicted octanol–water partition coefficient (Wildman–Crippen LogP) is 2.11. The van der Waals surface area contributed by atoms with Gasteiger partial charge in [-0.15, -0.1) is 11.3 Å². The third-order valence-electron chi connectivity index (χ3n) is 4.36. The number of aryl methyl sites for hydroxylation is 1. The van der Waals surface area contributed by atoms with Crippen LogP contribution in [0.3, 0.4) is 0 Å². The Morgan fingerprint density at radius 1 is 1.38 bits per heavy atom. The number of thiophene rings is 1. The van der Waals surface area contributed by atoms with Gasteiger partial charge in [-0.3, -0.25) is 9.59 Å². The summed E-state index contributed by atoms with van der Waals surface area (Å²) in [6.45, 7) is 4.73. The van der Waals surface area contributed by atoms with Crippen molar-refractivity contribution in [2.75, 3.05) is 6.54 Å². The van der Waals surface area contributed by atoms with Crippen LogP contribution in [0.5, 0.6) is 0 Å². The molecule has 0 bridgehead atoms. The summed E-state index contributed by atoms with van der Waals surface area (Å²) in [7, 11) is 0. The van der Waals surface area contributed by atoms with Crippen LogP contribution in [0.15, 0.2) is 12.1 Å². The molecule has 4 nitrogen and oxygen atoms in total. The van der Waals surface area contributed by atoms with Gasteiger partial charge in [0.1, 0.15) is 6.04 Å². The highest BCUT2D eigenvalue weighted by molar-refractivity contribution is 7.11. The molecular formula is C16H22N2O2S. The Balaban J connectivity index is 1.72. The van der Waals surface area contributed by atoms with Crippen LogP contribution in [0.2, 0.25) is 0 Å². The molecule has 2 heterocycles. The number of nitrogens with one attached hydrogen (secondary N) is 1. The minimum Gasteiger partial charge on any atom is -0.344 e. The topological polar surface area (TPSA) is 49.4 Å². The minimum absolute atomic E-state index is 0.0157.